The van der Waals surface area contributed by atoms with E-state index in [1.807, 2.05) is 22.6 Å². The number of amides is 1. The van der Waals surface area contributed by atoms with E-state index in [0.717, 1.165) is 3.57 Å². The van der Waals surface area contributed by atoms with Crippen LogP contribution in [0.5, 0.6) is 0 Å². The first-order valence-corrected chi connectivity index (χ1v) is 10.1. The van der Waals surface area contributed by atoms with Crippen LogP contribution in [0.1, 0.15) is 24.4 Å². The van der Waals surface area contributed by atoms with Crippen LogP contribution in [0.25, 0.3) is 11.1 Å². The SMILES string of the molecule is CC1(C)OC[C@H](CONC(=O)c2oc3ncncc3c2Nc2ccc(I)cc2F)O1. The maximum absolute atomic E-state index is 14.3. The van der Waals surface area contributed by atoms with E-state index in [-0.39, 0.29) is 35.6 Å². The topological polar surface area (TPSA) is 108 Å². The van der Waals surface area contributed by atoms with Crippen LogP contribution in [0.15, 0.2) is 35.1 Å². The summed E-state index contributed by atoms with van der Waals surface area (Å²) in [5.74, 6) is -1.95. The Morgan fingerprint density at radius 1 is 1.43 bits per heavy atom. The average molecular weight is 528 g/mol. The summed E-state index contributed by atoms with van der Waals surface area (Å²) < 4.78 is 31.7. The number of fused-ring (bicyclic) bond motifs is 1. The number of hydroxylamine groups is 1. The smallest absolute Gasteiger partial charge is 0.312 e. The van der Waals surface area contributed by atoms with Crippen molar-refractivity contribution in [2.45, 2.75) is 25.7 Å². The highest BCUT2D eigenvalue weighted by atomic mass is 127. The molecule has 4 rings (SSSR count). The average Bonchev–Trinajstić information content (AvgIpc) is 3.24. The first kappa shape index (κ1) is 20.9. The molecule has 30 heavy (non-hydrogen) atoms. The van der Waals surface area contributed by atoms with Crippen molar-refractivity contribution >= 4 is 51.0 Å². The summed E-state index contributed by atoms with van der Waals surface area (Å²) in [6, 6.07) is 4.67. The minimum Gasteiger partial charge on any atom is -0.430 e. The molecule has 1 aromatic carbocycles. The van der Waals surface area contributed by atoms with E-state index in [2.05, 4.69) is 20.8 Å². The molecule has 2 aromatic heterocycles. The molecule has 0 unspecified atom stereocenters. The van der Waals surface area contributed by atoms with Crippen LogP contribution in [-0.2, 0) is 14.3 Å². The lowest BCUT2D eigenvalue weighted by Crippen LogP contribution is -2.30. The molecule has 9 nitrogen and oxygen atoms in total. The number of anilines is 2. The Labute approximate surface area is 184 Å². The molecule has 1 atom stereocenters. The highest BCUT2D eigenvalue weighted by Gasteiger charge is 2.33. The van der Waals surface area contributed by atoms with E-state index >= 15 is 0 Å². The van der Waals surface area contributed by atoms with Crippen LogP contribution < -0.4 is 10.8 Å². The number of rotatable bonds is 6. The molecule has 158 valence electrons. The lowest BCUT2D eigenvalue weighted by Gasteiger charge is -2.16. The van der Waals surface area contributed by atoms with Gasteiger partial charge in [-0.3, -0.25) is 9.63 Å². The van der Waals surface area contributed by atoms with Crippen molar-refractivity contribution in [3.05, 3.63) is 45.9 Å². The van der Waals surface area contributed by atoms with Gasteiger partial charge >= 0.3 is 5.91 Å². The van der Waals surface area contributed by atoms with E-state index in [4.69, 9.17) is 18.7 Å². The molecular formula is C19H18FIN4O5. The fourth-order valence-electron chi connectivity index (χ4n) is 2.94. The van der Waals surface area contributed by atoms with Gasteiger partial charge in [0.25, 0.3) is 0 Å². The molecule has 0 spiro atoms. The molecular weight excluding hydrogens is 510 g/mol. The van der Waals surface area contributed by atoms with Crippen molar-refractivity contribution in [2.75, 3.05) is 18.5 Å². The van der Waals surface area contributed by atoms with Gasteiger partial charge in [0.15, 0.2) is 5.79 Å². The summed E-state index contributed by atoms with van der Waals surface area (Å²) in [6.45, 7) is 4.02. The maximum Gasteiger partial charge on any atom is 0.312 e. The maximum atomic E-state index is 14.3. The number of aromatic nitrogens is 2. The number of nitrogens with one attached hydrogen (secondary N) is 2. The summed E-state index contributed by atoms with van der Waals surface area (Å²) in [7, 11) is 0. The van der Waals surface area contributed by atoms with Crippen LogP contribution in [0.4, 0.5) is 15.8 Å². The molecule has 1 aliphatic rings. The van der Waals surface area contributed by atoms with Crippen molar-refractivity contribution in [1.29, 1.82) is 0 Å². The lowest BCUT2D eigenvalue weighted by atomic mass is 10.2. The third-order valence-electron chi connectivity index (χ3n) is 4.27. The number of furan rings is 1. The fourth-order valence-corrected chi connectivity index (χ4v) is 3.40. The van der Waals surface area contributed by atoms with Gasteiger partial charge in [-0.1, -0.05) is 0 Å². The van der Waals surface area contributed by atoms with Crippen molar-refractivity contribution in [1.82, 2.24) is 15.4 Å². The van der Waals surface area contributed by atoms with E-state index in [1.54, 1.807) is 26.0 Å². The second-order valence-corrected chi connectivity index (χ2v) is 8.24. The second kappa shape index (κ2) is 8.41. The summed E-state index contributed by atoms with van der Waals surface area (Å²) in [6.07, 6.45) is 2.45. The Bertz CT molecular complexity index is 1090. The summed E-state index contributed by atoms with van der Waals surface area (Å²) >= 11 is 2.01. The number of carbonyl (C=O) groups is 1. The van der Waals surface area contributed by atoms with Crippen LogP contribution >= 0.6 is 22.6 Å². The highest BCUT2D eigenvalue weighted by Crippen LogP contribution is 2.33. The monoisotopic (exact) mass is 528 g/mol. The van der Waals surface area contributed by atoms with Gasteiger partial charge in [0.05, 0.1) is 17.7 Å². The van der Waals surface area contributed by atoms with Crippen LogP contribution in [0.3, 0.4) is 0 Å². The zero-order valence-electron chi connectivity index (χ0n) is 16.1. The van der Waals surface area contributed by atoms with Gasteiger partial charge in [0.2, 0.25) is 11.5 Å². The minimum atomic E-state index is -0.690. The largest absolute Gasteiger partial charge is 0.430 e. The van der Waals surface area contributed by atoms with Gasteiger partial charge in [0, 0.05) is 9.77 Å². The summed E-state index contributed by atoms with van der Waals surface area (Å²) in [4.78, 5) is 25.9. The Morgan fingerprint density at radius 2 is 2.27 bits per heavy atom. The lowest BCUT2D eigenvalue weighted by molar-refractivity contribution is -0.147. The molecule has 1 fully saturated rings. The van der Waals surface area contributed by atoms with Crippen LogP contribution in [0, 0.1) is 9.39 Å². The molecule has 11 heteroatoms. The number of benzene rings is 1. The number of halogens is 2. The third-order valence-corrected chi connectivity index (χ3v) is 4.94. The van der Waals surface area contributed by atoms with Crippen molar-refractivity contribution < 1.29 is 27.9 Å². The number of ether oxygens (including phenoxy) is 2. The number of carbonyl (C=O) groups excluding carboxylic acids is 1. The van der Waals surface area contributed by atoms with Gasteiger partial charge in [-0.05, 0) is 54.6 Å². The second-order valence-electron chi connectivity index (χ2n) is 6.99. The Hall–Kier alpha value is -2.35. The van der Waals surface area contributed by atoms with Crippen LogP contribution in [0.2, 0.25) is 0 Å². The van der Waals surface area contributed by atoms with Crippen LogP contribution in [-0.4, -0.2) is 41.0 Å². The molecule has 0 saturated carbocycles. The predicted octanol–water partition coefficient (Wildman–Crippen LogP) is 3.52. The minimum absolute atomic E-state index is 0.0870. The molecule has 0 radical (unpaired) electrons. The number of hydrogen-bond donors (Lipinski definition) is 2. The standard InChI is InChI=1S/C19H18FIN4O5/c1-19(2)27-7-11(30-19)8-28-25-17(26)16-15(12-6-22-9-23-18(12)29-16)24-14-4-3-10(21)5-13(14)20/h3-6,9,11,24H,7-8H2,1-2H3,(H,25,26)/t11-/m1/s1. The normalized spacial score (nSPS) is 17.9. The van der Waals surface area contributed by atoms with Gasteiger partial charge in [-0.15, -0.1) is 0 Å². The molecule has 0 bridgehead atoms. The number of hydrogen-bond acceptors (Lipinski definition) is 8. The van der Waals surface area contributed by atoms with Gasteiger partial charge in [-0.2, -0.15) is 0 Å². The van der Waals surface area contributed by atoms with Gasteiger partial charge in [0.1, 0.15) is 30.5 Å². The molecule has 1 amide bonds. The third kappa shape index (κ3) is 4.53. The zero-order chi connectivity index (χ0) is 21.3. The predicted molar refractivity (Wildman–Crippen MR) is 113 cm³/mol. The molecule has 2 N–H and O–H groups in total. The zero-order valence-corrected chi connectivity index (χ0v) is 18.2. The molecule has 1 saturated heterocycles. The summed E-state index contributed by atoms with van der Waals surface area (Å²) in [5.41, 5.74) is 2.90. The van der Waals surface area contributed by atoms with Crippen molar-refractivity contribution in [2.24, 2.45) is 0 Å². The first-order chi connectivity index (χ1) is 14.3. The van der Waals surface area contributed by atoms with Crippen molar-refractivity contribution in [3.63, 3.8) is 0 Å². The van der Waals surface area contributed by atoms with E-state index < -0.39 is 17.5 Å². The number of nitrogens with zero attached hydrogens (tertiary/aromatic N) is 2. The van der Waals surface area contributed by atoms with Crippen molar-refractivity contribution in [3.8, 4) is 0 Å². The quantitative estimate of drug-likeness (QED) is 0.370. The molecule has 0 aliphatic carbocycles. The van der Waals surface area contributed by atoms with E-state index in [1.165, 1.54) is 18.6 Å². The molecule has 3 heterocycles. The van der Waals surface area contributed by atoms with E-state index in [9.17, 15) is 9.18 Å². The highest BCUT2D eigenvalue weighted by molar-refractivity contribution is 14.1. The Kier molecular flexibility index (Phi) is 5.86. The Balaban J connectivity index is 1.53. The fraction of sp³-hybridized carbons (Fsp3) is 0.316. The molecule has 3 aromatic rings. The van der Waals surface area contributed by atoms with Gasteiger partial charge < -0.3 is 19.2 Å². The van der Waals surface area contributed by atoms with E-state index in [0.29, 0.717) is 12.0 Å². The summed E-state index contributed by atoms with van der Waals surface area (Å²) in [5, 5.41) is 3.33. The Morgan fingerprint density at radius 3 is 3.00 bits per heavy atom. The first-order valence-electron chi connectivity index (χ1n) is 9.01. The molecule has 1 aliphatic heterocycles. The van der Waals surface area contributed by atoms with Gasteiger partial charge in [-0.25, -0.2) is 19.8 Å².